The molecule has 0 aliphatic heterocycles. The van der Waals surface area contributed by atoms with Gasteiger partial charge in [0, 0.05) is 19.6 Å². The molecule has 4 unspecified atom stereocenters. The standard InChI is InChI=1S/C18H30O3.C14H26O3.C12H22O3.C7H14O3/c1-4-17(2,3)16(19)21-12-20-11-18-8-13-5-14(9-18)7-15(6-13)10-18;1-4-11(3)13(15)17-14(16-5-2)12-9-7-6-8-10-12;1-3-10(2)12(13)15-9-14-11-7-5-4-6-8-11;1-4-6(2)7(8)10-5-9-3/h13-15H,4-12H2,1-3H3;11-12,14H,4-10H2,1-3H3;10-11H,3-9H2,1-2H3;6H,4-5H2,1-3H3. The number of carbonyl (C=O) groups excluding carboxylic acids is 4. The van der Waals surface area contributed by atoms with E-state index in [0.29, 0.717) is 24.0 Å². The Balaban J connectivity index is 0.000000299. The molecule has 368 valence electrons. The molecular weight excluding hydrogens is 805 g/mol. The van der Waals surface area contributed by atoms with E-state index in [0.717, 1.165) is 75.7 Å². The van der Waals surface area contributed by atoms with Crippen LogP contribution in [0.15, 0.2) is 0 Å². The predicted molar refractivity (Wildman–Crippen MR) is 245 cm³/mol. The number of methoxy groups -OCH3 is 1. The summed E-state index contributed by atoms with van der Waals surface area (Å²) < 4.78 is 42.0. The Kier molecular flexibility index (Phi) is 27.8. The zero-order chi connectivity index (χ0) is 46.8. The summed E-state index contributed by atoms with van der Waals surface area (Å²) in [5.74, 6) is 2.59. The number of rotatable bonds is 21. The third-order valence-corrected chi connectivity index (χ3v) is 14.3. The summed E-state index contributed by atoms with van der Waals surface area (Å²) in [7, 11) is 1.49. The van der Waals surface area contributed by atoms with Crippen molar-refractivity contribution in [3.8, 4) is 0 Å². The lowest BCUT2D eigenvalue weighted by Crippen LogP contribution is -2.48. The second-order valence-electron chi connectivity index (χ2n) is 20.0. The van der Waals surface area contributed by atoms with Crippen molar-refractivity contribution in [1.29, 1.82) is 0 Å². The van der Waals surface area contributed by atoms with E-state index in [1.165, 1.54) is 84.2 Å². The van der Waals surface area contributed by atoms with Crippen LogP contribution in [0.3, 0.4) is 0 Å². The molecule has 6 saturated carbocycles. The Morgan fingerprint density at radius 2 is 1.10 bits per heavy atom. The topological polar surface area (TPSA) is 142 Å². The molecule has 6 fully saturated rings. The minimum atomic E-state index is -0.399. The van der Waals surface area contributed by atoms with Crippen molar-refractivity contribution in [3.63, 3.8) is 0 Å². The number of esters is 4. The molecule has 0 aromatic rings. The molecule has 4 atom stereocenters. The normalized spacial score (nSPS) is 25.0. The smallest absolute Gasteiger partial charge is 0.313 e. The van der Waals surface area contributed by atoms with Crippen molar-refractivity contribution in [1.82, 2.24) is 0 Å². The molecule has 6 rings (SSSR count). The summed E-state index contributed by atoms with van der Waals surface area (Å²) in [4.78, 5) is 45.9. The zero-order valence-electron chi connectivity index (χ0n) is 41.8. The molecule has 0 N–H and O–H groups in total. The fourth-order valence-electron chi connectivity index (χ4n) is 9.55. The van der Waals surface area contributed by atoms with E-state index in [4.69, 9.17) is 28.4 Å². The van der Waals surface area contributed by atoms with Crippen LogP contribution >= 0.6 is 0 Å². The van der Waals surface area contributed by atoms with Crippen molar-refractivity contribution >= 4 is 23.9 Å². The lowest BCUT2D eigenvalue weighted by Gasteiger charge is -2.56. The van der Waals surface area contributed by atoms with Crippen molar-refractivity contribution in [3.05, 3.63) is 0 Å². The Hall–Kier alpha value is -2.28. The maximum Gasteiger partial charge on any atom is 0.313 e. The van der Waals surface area contributed by atoms with Crippen LogP contribution in [0.1, 0.15) is 198 Å². The van der Waals surface area contributed by atoms with Crippen LogP contribution in [0.2, 0.25) is 0 Å². The third-order valence-electron chi connectivity index (χ3n) is 14.3. The Labute approximate surface area is 383 Å². The maximum absolute atomic E-state index is 11.9. The second kappa shape index (κ2) is 30.8. The summed E-state index contributed by atoms with van der Waals surface area (Å²) in [6, 6.07) is 0. The molecule has 12 nitrogen and oxygen atoms in total. The number of carbonyl (C=O) groups is 4. The third kappa shape index (κ3) is 21.3. The average molecular weight is 897 g/mol. The Bertz CT molecular complexity index is 1240. The van der Waals surface area contributed by atoms with Gasteiger partial charge in [0.1, 0.15) is 0 Å². The van der Waals surface area contributed by atoms with Crippen LogP contribution in [-0.2, 0) is 57.1 Å². The van der Waals surface area contributed by atoms with Crippen molar-refractivity contribution < 1.29 is 57.1 Å². The van der Waals surface area contributed by atoms with Gasteiger partial charge in [-0.15, -0.1) is 0 Å². The minimum absolute atomic E-state index is 0.0139. The van der Waals surface area contributed by atoms with E-state index in [1.54, 1.807) is 0 Å². The first kappa shape index (κ1) is 56.8. The lowest BCUT2D eigenvalue weighted by molar-refractivity contribution is -0.197. The summed E-state index contributed by atoms with van der Waals surface area (Å²) in [6.45, 7) is 21.1. The lowest BCUT2D eigenvalue weighted by atomic mass is 9.50. The average Bonchev–Trinajstić information content (AvgIpc) is 3.29. The summed E-state index contributed by atoms with van der Waals surface area (Å²) in [5, 5.41) is 0. The quantitative estimate of drug-likeness (QED) is 0.0468. The zero-order valence-corrected chi connectivity index (χ0v) is 41.8. The highest BCUT2D eigenvalue weighted by molar-refractivity contribution is 5.75. The molecule has 0 spiro atoms. The molecular formula is C51H92O12. The summed E-state index contributed by atoms with van der Waals surface area (Å²) in [6.07, 6.45) is 23.7. The van der Waals surface area contributed by atoms with E-state index < -0.39 is 5.41 Å². The van der Waals surface area contributed by atoms with Gasteiger partial charge in [-0.25, -0.2) is 0 Å². The molecule has 0 heterocycles. The van der Waals surface area contributed by atoms with Gasteiger partial charge in [-0.2, -0.15) is 0 Å². The summed E-state index contributed by atoms with van der Waals surface area (Å²) >= 11 is 0. The molecule has 4 bridgehead atoms. The fraction of sp³-hybridized carbons (Fsp3) is 0.922. The van der Waals surface area contributed by atoms with Gasteiger partial charge in [0.2, 0.25) is 6.29 Å². The molecule has 0 amide bonds. The van der Waals surface area contributed by atoms with Crippen molar-refractivity contribution in [2.45, 2.75) is 210 Å². The minimum Gasteiger partial charge on any atom is -0.438 e. The van der Waals surface area contributed by atoms with Gasteiger partial charge in [0.25, 0.3) is 0 Å². The van der Waals surface area contributed by atoms with Gasteiger partial charge in [0.05, 0.1) is 35.9 Å². The second-order valence-corrected chi connectivity index (χ2v) is 20.0. The summed E-state index contributed by atoms with van der Waals surface area (Å²) in [5.41, 5.74) is 0.00543. The molecule has 0 radical (unpaired) electrons. The number of hydrogen-bond donors (Lipinski definition) is 0. The van der Waals surface area contributed by atoms with Crippen molar-refractivity contribution in [2.75, 3.05) is 40.7 Å². The van der Waals surface area contributed by atoms with Gasteiger partial charge in [-0.05, 0) is 134 Å². The van der Waals surface area contributed by atoms with Crippen molar-refractivity contribution in [2.24, 2.45) is 52.3 Å². The van der Waals surface area contributed by atoms with E-state index in [9.17, 15) is 19.2 Å². The van der Waals surface area contributed by atoms with E-state index in [2.05, 4.69) is 9.47 Å². The molecule has 0 saturated heterocycles. The van der Waals surface area contributed by atoms with Gasteiger partial charge >= 0.3 is 23.9 Å². The van der Waals surface area contributed by atoms with E-state index >= 15 is 0 Å². The first-order valence-corrected chi connectivity index (χ1v) is 25.1. The highest BCUT2D eigenvalue weighted by atomic mass is 16.7. The molecule has 0 aromatic heterocycles. The van der Waals surface area contributed by atoms with Gasteiger partial charge in [-0.3, -0.25) is 19.2 Å². The Morgan fingerprint density at radius 3 is 1.56 bits per heavy atom. The molecule has 63 heavy (non-hydrogen) atoms. The van der Waals surface area contributed by atoms with E-state index in [-0.39, 0.29) is 68.3 Å². The van der Waals surface area contributed by atoms with Crippen LogP contribution in [0.5, 0.6) is 0 Å². The largest absolute Gasteiger partial charge is 0.438 e. The monoisotopic (exact) mass is 897 g/mol. The fourth-order valence-corrected chi connectivity index (χ4v) is 9.55. The number of hydrogen-bond acceptors (Lipinski definition) is 12. The van der Waals surface area contributed by atoms with Gasteiger partial charge in [0.15, 0.2) is 20.4 Å². The SMILES string of the molecule is CCC(C)(C)C(=O)OCOCC12CC3CC(CC(C3)C1)C2.CCC(C)C(=O)OCOC.CCC(C)C(=O)OCOC1CCCCC1.CCOC(OC(=O)C(C)CC)C1CCCCC1. The van der Waals surface area contributed by atoms with Crippen LogP contribution in [0, 0.1) is 52.3 Å². The van der Waals surface area contributed by atoms with E-state index in [1.807, 2.05) is 69.2 Å². The van der Waals surface area contributed by atoms with Gasteiger partial charge in [-0.1, -0.05) is 87.0 Å². The molecule has 6 aliphatic carbocycles. The van der Waals surface area contributed by atoms with Crippen LogP contribution < -0.4 is 0 Å². The van der Waals surface area contributed by atoms with Gasteiger partial charge < -0.3 is 37.9 Å². The number of ether oxygens (including phenoxy) is 8. The molecule has 0 aromatic carbocycles. The highest BCUT2D eigenvalue weighted by Gasteiger charge is 2.51. The molecule has 12 heteroatoms. The maximum atomic E-state index is 11.9. The van der Waals surface area contributed by atoms with Crippen LogP contribution in [0.25, 0.3) is 0 Å². The highest BCUT2D eigenvalue weighted by Crippen LogP contribution is 2.60. The van der Waals surface area contributed by atoms with Crippen LogP contribution in [0.4, 0.5) is 0 Å². The first-order valence-electron chi connectivity index (χ1n) is 25.1. The predicted octanol–water partition coefficient (Wildman–Crippen LogP) is 11.7. The molecule has 6 aliphatic rings. The first-order chi connectivity index (χ1) is 30.1. The van der Waals surface area contributed by atoms with Crippen LogP contribution in [-0.4, -0.2) is 77.0 Å². The Morgan fingerprint density at radius 1 is 0.619 bits per heavy atom.